The minimum absolute atomic E-state index is 0.690. The van der Waals surface area contributed by atoms with Crippen molar-refractivity contribution in [1.82, 2.24) is 10.6 Å². The summed E-state index contributed by atoms with van der Waals surface area (Å²) in [4.78, 5) is 6.34. The molecule has 23 heavy (non-hydrogen) atoms. The van der Waals surface area contributed by atoms with E-state index in [4.69, 9.17) is 4.74 Å². The zero-order chi connectivity index (χ0) is 17.1. The summed E-state index contributed by atoms with van der Waals surface area (Å²) in [5.74, 6) is 1.49. The van der Waals surface area contributed by atoms with Gasteiger partial charge in [-0.2, -0.15) is 0 Å². The quantitative estimate of drug-likeness (QED) is 0.417. The van der Waals surface area contributed by atoms with E-state index in [1.165, 1.54) is 11.3 Å². The molecule has 0 saturated carbocycles. The minimum Gasteiger partial charge on any atom is -0.380 e. The van der Waals surface area contributed by atoms with Gasteiger partial charge in [0.15, 0.2) is 5.96 Å². The predicted octanol–water partition coefficient (Wildman–Crippen LogP) is 2.48. The number of nitrogens with zero attached hydrogens (tertiary/aromatic N) is 2. The second kappa shape index (κ2) is 10.9. The van der Waals surface area contributed by atoms with Crippen molar-refractivity contribution in [3.8, 4) is 0 Å². The molecule has 0 aliphatic carbocycles. The molecule has 0 amide bonds. The third-order valence-electron chi connectivity index (χ3n) is 3.49. The maximum Gasteiger partial charge on any atom is 0.191 e. The second-order valence-corrected chi connectivity index (χ2v) is 6.21. The number of guanidine groups is 1. The smallest absolute Gasteiger partial charge is 0.191 e. The highest BCUT2D eigenvalue weighted by atomic mass is 16.5. The summed E-state index contributed by atoms with van der Waals surface area (Å²) in [6.07, 6.45) is 1.11. The molecule has 2 N–H and O–H groups in total. The first-order valence-electron chi connectivity index (χ1n) is 8.31. The van der Waals surface area contributed by atoms with E-state index in [1.54, 1.807) is 7.05 Å². The van der Waals surface area contributed by atoms with Crippen molar-refractivity contribution in [3.05, 3.63) is 29.8 Å². The Kier molecular flexibility index (Phi) is 9.14. The van der Waals surface area contributed by atoms with Gasteiger partial charge in [-0.1, -0.05) is 26.0 Å². The number of aliphatic imine (C=N–C) groups is 1. The van der Waals surface area contributed by atoms with Crippen molar-refractivity contribution in [2.75, 3.05) is 45.8 Å². The lowest BCUT2D eigenvalue weighted by molar-refractivity contribution is 0.128. The molecule has 0 saturated heterocycles. The van der Waals surface area contributed by atoms with Crippen molar-refractivity contribution in [3.63, 3.8) is 0 Å². The summed E-state index contributed by atoms with van der Waals surface area (Å²) in [5, 5.41) is 6.59. The van der Waals surface area contributed by atoms with Crippen LogP contribution in [0.5, 0.6) is 0 Å². The van der Waals surface area contributed by atoms with Crippen molar-refractivity contribution < 1.29 is 4.74 Å². The predicted molar refractivity (Wildman–Crippen MR) is 99.2 cm³/mol. The van der Waals surface area contributed by atoms with Crippen LogP contribution in [0.1, 0.15) is 25.8 Å². The van der Waals surface area contributed by atoms with E-state index in [1.807, 2.05) is 14.1 Å². The molecule has 5 heteroatoms. The fourth-order valence-corrected chi connectivity index (χ4v) is 2.01. The number of rotatable bonds is 9. The molecule has 0 radical (unpaired) electrons. The molecule has 0 unspecified atom stereocenters. The zero-order valence-corrected chi connectivity index (χ0v) is 15.2. The van der Waals surface area contributed by atoms with Crippen LogP contribution in [-0.2, 0) is 11.3 Å². The van der Waals surface area contributed by atoms with Crippen LogP contribution in [-0.4, -0.2) is 46.9 Å². The van der Waals surface area contributed by atoms with Gasteiger partial charge in [-0.25, -0.2) is 0 Å². The zero-order valence-electron chi connectivity index (χ0n) is 15.2. The lowest BCUT2D eigenvalue weighted by Crippen LogP contribution is -2.38. The number of benzene rings is 1. The summed E-state index contributed by atoms with van der Waals surface area (Å²) >= 11 is 0. The Morgan fingerprint density at radius 1 is 1.22 bits per heavy atom. The number of hydrogen-bond acceptors (Lipinski definition) is 3. The van der Waals surface area contributed by atoms with Gasteiger partial charge in [0.1, 0.15) is 0 Å². The summed E-state index contributed by atoms with van der Waals surface area (Å²) in [6.45, 7) is 7.44. The Labute approximate surface area is 141 Å². The van der Waals surface area contributed by atoms with Crippen LogP contribution in [0, 0.1) is 5.92 Å². The van der Waals surface area contributed by atoms with Gasteiger partial charge in [0.2, 0.25) is 0 Å². The molecule has 1 aromatic rings. The maximum absolute atomic E-state index is 5.59. The van der Waals surface area contributed by atoms with Crippen LogP contribution in [0.2, 0.25) is 0 Å². The molecule has 0 atom stereocenters. The van der Waals surface area contributed by atoms with E-state index in [9.17, 15) is 0 Å². The molecule has 0 bridgehead atoms. The lowest BCUT2D eigenvalue weighted by Gasteiger charge is -2.15. The van der Waals surface area contributed by atoms with Crippen LogP contribution in [0.15, 0.2) is 29.3 Å². The molecular weight excluding hydrogens is 288 g/mol. The third kappa shape index (κ3) is 8.45. The number of anilines is 1. The first-order valence-corrected chi connectivity index (χ1v) is 8.31. The summed E-state index contributed by atoms with van der Waals surface area (Å²) in [5.41, 5.74) is 2.43. The summed E-state index contributed by atoms with van der Waals surface area (Å²) in [7, 11) is 5.88. The molecule has 1 aromatic carbocycles. The molecule has 5 nitrogen and oxygen atoms in total. The van der Waals surface area contributed by atoms with Gasteiger partial charge in [0.25, 0.3) is 0 Å². The highest BCUT2D eigenvalue weighted by Gasteiger charge is 2.01. The number of nitrogens with one attached hydrogen (secondary N) is 2. The first-order chi connectivity index (χ1) is 11.0. The molecular formula is C18H32N4O. The average Bonchev–Trinajstić information content (AvgIpc) is 2.53. The molecule has 0 fully saturated rings. The maximum atomic E-state index is 5.59. The van der Waals surface area contributed by atoms with Gasteiger partial charge in [-0.05, 0) is 30.0 Å². The largest absolute Gasteiger partial charge is 0.380 e. The molecule has 0 spiro atoms. The highest BCUT2D eigenvalue weighted by Crippen LogP contribution is 2.12. The van der Waals surface area contributed by atoms with Crippen molar-refractivity contribution in [2.45, 2.75) is 26.8 Å². The highest BCUT2D eigenvalue weighted by molar-refractivity contribution is 5.79. The number of hydrogen-bond donors (Lipinski definition) is 2. The Hall–Kier alpha value is -1.75. The molecule has 1 rings (SSSR count). The van der Waals surface area contributed by atoms with Crippen LogP contribution in [0.3, 0.4) is 0 Å². The van der Waals surface area contributed by atoms with E-state index < -0.39 is 0 Å². The summed E-state index contributed by atoms with van der Waals surface area (Å²) in [6, 6.07) is 8.47. The normalized spacial score (nSPS) is 11.7. The van der Waals surface area contributed by atoms with Gasteiger partial charge < -0.3 is 20.3 Å². The first kappa shape index (κ1) is 19.3. The monoisotopic (exact) mass is 320 g/mol. The standard InChI is InChI=1S/C18H32N4O/c1-15(2)9-11-23-12-10-20-18(19-3)21-14-16-7-6-8-17(13-16)22(4)5/h6-8,13,15H,9-12,14H2,1-5H3,(H2,19,20,21). The van der Waals surface area contributed by atoms with Gasteiger partial charge in [-0.15, -0.1) is 0 Å². The van der Waals surface area contributed by atoms with Gasteiger partial charge in [-0.3, -0.25) is 4.99 Å². The number of ether oxygens (including phenoxy) is 1. The van der Waals surface area contributed by atoms with Gasteiger partial charge in [0.05, 0.1) is 6.61 Å². The second-order valence-electron chi connectivity index (χ2n) is 6.21. The Balaban J connectivity index is 2.27. The van der Waals surface area contributed by atoms with Crippen molar-refractivity contribution in [1.29, 1.82) is 0 Å². The molecule has 130 valence electrons. The van der Waals surface area contributed by atoms with Crippen molar-refractivity contribution in [2.24, 2.45) is 10.9 Å². The van der Waals surface area contributed by atoms with E-state index >= 15 is 0 Å². The van der Waals surface area contributed by atoms with E-state index in [-0.39, 0.29) is 0 Å². The Morgan fingerprint density at radius 3 is 2.65 bits per heavy atom. The van der Waals surface area contributed by atoms with Crippen LogP contribution in [0.4, 0.5) is 5.69 Å². The SMILES string of the molecule is CN=C(NCCOCCC(C)C)NCc1cccc(N(C)C)c1. The third-order valence-corrected chi connectivity index (χ3v) is 3.49. The fourth-order valence-electron chi connectivity index (χ4n) is 2.01. The van der Waals surface area contributed by atoms with Crippen LogP contribution >= 0.6 is 0 Å². The lowest BCUT2D eigenvalue weighted by atomic mass is 10.1. The topological polar surface area (TPSA) is 48.9 Å². The van der Waals surface area contributed by atoms with Gasteiger partial charge in [0, 0.05) is 46.5 Å². The Morgan fingerprint density at radius 2 is 2.00 bits per heavy atom. The van der Waals surface area contributed by atoms with Crippen LogP contribution < -0.4 is 15.5 Å². The molecule has 0 aromatic heterocycles. The van der Waals surface area contributed by atoms with E-state index in [0.29, 0.717) is 12.5 Å². The Bertz CT molecular complexity index is 472. The van der Waals surface area contributed by atoms with E-state index in [2.05, 4.69) is 58.6 Å². The molecule has 0 aliphatic heterocycles. The average molecular weight is 320 g/mol. The van der Waals surface area contributed by atoms with Gasteiger partial charge >= 0.3 is 0 Å². The van der Waals surface area contributed by atoms with Crippen LogP contribution in [0.25, 0.3) is 0 Å². The van der Waals surface area contributed by atoms with Crippen molar-refractivity contribution >= 4 is 11.6 Å². The molecule has 0 aliphatic rings. The van der Waals surface area contributed by atoms with E-state index in [0.717, 1.165) is 32.1 Å². The minimum atomic E-state index is 0.690. The fraction of sp³-hybridized carbons (Fsp3) is 0.611. The molecule has 0 heterocycles. The summed E-state index contributed by atoms with van der Waals surface area (Å²) < 4.78 is 5.59.